The minimum atomic E-state index is 0.822. The molecule has 2 heteroatoms. The van der Waals surface area contributed by atoms with Gasteiger partial charge in [-0.2, -0.15) is 0 Å². The van der Waals surface area contributed by atoms with Gasteiger partial charge in [0.05, 0.1) is 0 Å². The lowest BCUT2D eigenvalue weighted by atomic mass is 10.2. The summed E-state index contributed by atoms with van der Waals surface area (Å²) >= 11 is 1.78. The molecule has 2 N–H and O–H groups in total. The van der Waals surface area contributed by atoms with E-state index in [0.717, 1.165) is 5.69 Å². The zero-order chi connectivity index (χ0) is 12.4. The van der Waals surface area contributed by atoms with Gasteiger partial charge in [0.15, 0.2) is 0 Å². The predicted octanol–water partition coefficient (Wildman–Crippen LogP) is 4.35. The molecule has 0 saturated heterocycles. The summed E-state index contributed by atoms with van der Waals surface area (Å²) in [6.07, 6.45) is 0. The standard InChI is InChI=1S/C15H17NS/c1-10-4-7-14(12(3)8-10)17-15-9-13(16)6-5-11(15)2/h4-9H,16H2,1-3H3. The Morgan fingerprint density at radius 3 is 2.29 bits per heavy atom. The van der Waals surface area contributed by atoms with Crippen LogP contribution in [0.15, 0.2) is 46.2 Å². The number of rotatable bonds is 2. The molecule has 2 rings (SSSR count). The van der Waals surface area contributed by atoms with Gasteiger partial charge in [0.25, 0.3) is 0 Å². The van der Waals surface area contributed by atoms with E-state index in [0.29, 0.717) is 0 Å². The largest absolute Gasteiger partial charge is 0.399 e. The lowest BCUT2D eigenvalue weighted by molar-refractivity contribution is 1.24. The van der Waals surface area contributed by atoms with E-state index in [1.165, 1.54) is 26.5 Å². The molecule has 0 aliphatic carbocycles. The topological polar surface area (TPSA) is 26.0 Å². The van der Waals surface area contributed by atoms with Gasteiger partial charge in [0, 0.05) is 15.5 Å². The van der Waals surface area contributed by atoms with Crippen LogP contribution in [0.1, 0.15) is 16.7 Å². The van der Waals surface area contributed by atoms with Crippen LogP contribution < -0.4 is 5.73 Å². The quantitative estimate of drug-likeness (QED) is 0.794. The van der Waals surface area contributed by atoms with Gasteiger partial charge in [0.1, 0.15) is 0 Å². The Hall–Kier alpha value is -1.41. The second-order valence-corrected chi connectivity index (χ2v) is 5.48. The third kappa shape index (κ3) is 2.83. The summed E-state index contributed by atoms with van der Waals surface area (Å²) in [4.78, 5) is 2.53. The van der Waals surface area contributed by atoms with Crippen molar-refractivity contribution in [3.63, 3.8) is 0 Å². The Labute approximate surface area is 107 Å². The Morgan fingerprint density at radius 1 is 0.824 bits per heavy atom. The molecule has 2 aromatic rings. The van der Waals surface area contributed by atoms with Crippen molar-refractivity contribution in [2.24, 2.45) is 0 Å². The average molecular weight is 243 g/mol. The molecule has 0 saturated carbocycles. The van der Waals surface area contributed by atoms with Crippen LogP contribution in [0.2, 0.25) is 0 Å². The summed E-state index contributed by atoms with van der Waals surface area (Å²) in [5.41, 5.74) is 10.5. The third-order valence-corrected chi connectivity index (χ3v) is 4.10. The normalized spacial score (nSPS) is 10.5. The van der Waals surface area contributed by atoms with Crippen LogP contribution in [0.4, 0.5) is 5.69 Å². The summed E-state index contributed by atoms with van der Waals surface area (Å²) in [5.74, 6) is 0. The highest BCUT2D eigenvalue weighted by molar-refractivity contribution is 7.99. The third-order valence-electron chi connectivity index (χ3n) is 2.76. The minimum Gasteiger partial charge on any atom is -0.399 e. The van der Waals surface area contributed by atoms with Gasteiger partial charge in [-0.15, -0.1) is 0 Å². The van der Waals surface area contributed by atoms with Gasteiger partial charge in [0.2, 0.25) is 0 Å². The van der Waals surface area contributed by atoms with Crippen molar-refractivity contribution < 1.29 is 0 Å². The molecule has 0 aliphatic heterocycles. The number of nitrogens with two attached hydrogens (primary N) is 1. The highest BCUT2D eigenvalue weighted by Crippen LogP contribution is 2.33. The maximum Gasteiger partial charge on any atom is 0.0325 e. The molecule has 0 fully saturated rings. The van der Waals surface area contributed by atoms with Crippen LogP contribution in [0.25, 0.3) is 0 Å². The van der Waals surface area contributed by atoms with Crippen molar-refractivity contribution >= 4 is 17.4 Å². The van der Waals surface area contributed by atoms with E-state index in [-0.39, 0.29) is 0 Å². The number of hydrogen-bond acceptors (Lipinski definition) is 2. The summed E-state index contributed by atoms with van der Waals surface area (Å²) in [6, 6.07) is 12.6. The smallest absolute Gasteiger partial charge is 0.0325 e. The lowest BCUT2D eigenvalue weighted by Crippen LogP contribution is -1.88. The van der Waals surface area contributed by atoms with E-state index in [1.54, 1.807) is 11.8 Å². The van der Waals surface area contributed by atoms with Crippen LogP contribution >= 0.6 is 11.8 Å². The SMILES string of the molecule is Cc1ccc(Sc2cc(N)ccc2C)c(C)c1. The van der Waals surface area contributed by atoms with Gasteiger partial charge in [-0.05, 0) is 50.1 Å². The van der Waals surface area contributed by atoms with Crippen LogP contribution in [0, 0.1) is 20.8 Å². The van der Waals surface area contributed by atoms with Gasteiger partial charge in [-0.25, -0.2) is 0 Å². The maximum atomic E-state index is 5.83. The van der Waals surface area contributed by atoms with Crippen LogP contribution in [0.5, 0.6) is 0 Å². The number of benzene rings is 2. The summed E-state index contributed by atoms with van der Waals surface area (Å²) in [7, 11) is 0. The maximum absolute atomic E-state index is 5.83. The highest BCUT2D eigenvalue weighted by Gasteiger charge is 2.04. The molecule has 0 atom stereocenters. The fourth-order valence-corrected chi connectivity index (χ4v) is 2.78. The summed E-state index contributed by atoms with van der Waals surface area (Å²) < 4.78 is 0. The molecular formula is C15H17NS. The monoisotopic (exact) mass is 243 g/mol. The van der Waals surface area contributed by atoms with E-state index in [2.05, 4.69) is 45.0 Å². The molecule has 1 nitrogen and oxygen atoms in total. The fraction of sp³-hybridized carbons (Fsp3) is 0.200. The first-order valence-electron chi connectivity index (χ1n) is 5.67. The van der Waals surface area contributed by atoms with Gasteiger partial charge < -0.3 is 5.73 Å². The van der Waals surface area contributed by atoms with Crippen molar-refractivity contribution in [2.75, 3.05) is 5.73 Å². The van der Waals surface area contributed by atoms with E-state index < -0.39 is 0 Å². The summed E-state index contributed by atoms with van der Waals surface area (Å²) in [6.45, 7) is 6.38. The Kier molecular flexibility index (Phi) is 3.43. The fourth-order valence-electron chi connectivity index (χ4n) is 1.76. The van der Waals surface area contributed by atoms with Crippen molar-refractivity contribution in [1.82, 2.24) is 0 Å². The van der Waals surface area contributed by atoms with Crippen molar-refractivity contribution in [2.45, 2.75) is 30.6 Å². The second kappa shape index (κ2) is 4.84. The number of anilines is 1. The molecule has 0 amide bonds. The van der Waals surface area contributed by atoms with Gasteiger partial charge >= 0.3 is 0 Å². The van der Waals surface area contributed by atoms with E-state index >= 15 is 0 Å². The van der Waals surface area contributed by atoms with Crippen LogP contribution in [0.3, 0.4) is 0 Å². The molecule has 0 bridgehead atoms. The molecular weight excluding hydrogens is 226 g/mol. The lowest BCUT2D eigenvalue weighted by Gasteiger charge is -2.09. The van der Waals surface area contributed by atoms with Gasteiger partial charge in [-0.3, -0.25) is 0 Å². The van der Waals surface area contributed by atoms with Crippen molar-refractivity contribution in [1.29, 1.82) is 0 Å². The molecule has 0 heterocycles. The highest BCUT2D eigenvalue weighted by atomic mass is 32.2. The zero-order valence-electron chi connectivity index (χ0n) is 10.4. The number of nitrogen functional groups attached to an aromatic ring is 1. The molecule has 0 aromatic heterocycles. The van der Waals surface area contributed by atoms with E-state index in [4.69, 9.17) is 5.73 Å². The van der Waals surface area contributed by atoms with Crippen LogP contribution in [-0.2, 0) is 0 Å². The molecule has 88 valence electrons. The van der Waals surface area contributed by atoms with Gasteiger partial charge in [-0.1, -0.05) is 35.5 Å². The number of hydrogen-bond donors (Lipinski definition) is 1. The predicted molar refractivity (Wildman–Crippen MR) is 75.6 cm³/mol. The molecule has 0 unspecified atom stereocenters. The minimum absolute atomic E-state index is 0.822. The molecule has 0 spiro atoms. The first kappa shape index (κ1) is 12.1. The first-order valence-corrected chi connectivity index (χ1v) is 6.49. The zero-order valence-corrected chi connectivity index (χ0v) is 11.3. The average Bonchev–Trinajstić information content (AvgIpc) is 2.27. The molecule has 0 aliphatic rings. The van der Waals surface area contributed by atoms with Crippen molar-refractivity contribution in [3.8, 4) is 0 Å². The van der Waals surface area contributed by atoms with Crippen molar-refractivity contribution in [3.05, 3.63) is 53.1 Å². The number of aryl methyl sites for hydroxylation is 3. The second-order valence-electron chi connectivity index (χ2n) is 4.40. The molecule has 17 heavy (non-hydrogen) atoms. The molecule has 2 aromatic carbocycles. The van der Waals surface area contributed by atoms with E-state index in [9.17, 15) is 0 Å². The summed E-state index contributed by atoms with van der Waals surface area (Å²) in [5, 5.41) is 0. The Morgan fingerprint density at radius 2 is 1.59 bits per heavy atom. The Balaban J connectivity index is 2.34. The van der Waals surface area contributed by atoms with E-state index in [1.807, 2.05) is 12.1 Å². The van der Waals surface area contributed by atoms with Crippen LogP contribution in [-0.4, -0.2) is 0 Å². The Bertz CT molecular complexity index is 547. The molecule has 0 radical (unpaired) electrons. The first-order chi connectivity index (χ1) is 8.06.